The molecule has 1 saturated heterocycles. The first-order valence-electron chi connectivity index (χ1n) is 13.5. The van der Waals surface area contributed by atoms with Crippen LogP contribution in [0.15, 0.2) is 0 Å². The molecule has 0 aromatic rings. The van der Waals surface area contributed by atoms with Gasteiger partial charge in [-0.05, 0) is 26.2 Å². The lowest BCUT2D eigenvalue weighted by atomic mass is 9.99. The number of hydrogen-bond donors (Lipinski definition) is 4. The van der Waals surface area contributed by atoms with Crippen molar-refractivity contribution in [1.29, 1.82) is 0 Å². The summed E-state index contributed by atoms with van der Waals surface area (Å²) in [6, 6.07) is 0. The van der Waals surface area contributed by atoms with Crippen molar-refractivity contribution < 1.29 is 44.2 Å². The van der Waals surface area contributed by atoms with Crippen LogP contribution < -0.4 is 0 Å². The molecular weight excluding hydrogens is 456 g/mol. The molecule has 0 amide bonds. The second kappa shape index (κ2) is 18.1. The zero-order valence-corrected chi connectivity index (χ0v) is 21.8. The monoisotopic (exact) mass is 504 g/mol. The second-order valence-corrected chi connectivity index (χ2v) is 9.76. The van der Waals surface area contributed by atoms with Crippen molar-refractivity contribution in [2.45, 2.75) is 154 Å². The Balaban J connectivity index is 2.72. The third kappa shape index (κ3) is 13.0. The number of ether oxygens (including phenoxy) is 3. The molecular formula is C26H48O9. The SMILES string of the molecule is CCCCCCC[C@@H](CC(=O)O)OC(=O)C[C@@H](CCCCCCC)O[C@@H]1OC(C)[C@H](O)[C@H](O)C1O. The van der Waals surface area contributed by atoms with E-state index in [4.69, 9.17) is 14.2 Å². The molecule has 1 fully saturated rings. The van der Waals surface area contributed by atoms with Gasteiger partial charge in [0.05, 0.1) is 25.0 Å². The number of aliphatic carboxylic acids is 1. The van der Waals surface area contributed by atoms with Crippen molar-refractivity contribution in [1.82, 2.24) is 0 Å². The van der Waals surface area contributed by atoms with Crippen LogP contribution in [0.25, 0.3) is 0 Å². The van der Waals surface area contributed by atoms with Gasteiger partial charge in [-0.3, -0.25) is 9.59 Å². The Hall–Kier alpha value is -1.26. The molecule has 0 aromatic carbocycles. The van der Waals surface area contributed by atoms with E-state index in [-0.39, 0.29) is 12.8 Å². The summed E-state index contributed by atoms with van der Waals surface area (Å²) in [5.74, 6) is -1.57. The molecule has 1 aliphatic heterocycles. The second-order valence-electron chi connectivity index (χ2n) is 9.76. The Morgan fingerprint density at radius 1 is 0.771 bits per heavy atom. The molecule has 1 heterocycles. The molecule has 0 aromatic heterocycles. The highest BCUT2D eigenvalue weighted by molar-refractivity contribution is 5.72. The molecule has 4 N–H and O–H groups in total. The van der Waals surface area contributed by atoms with Crippen molar-refractivity contribution in [3.8, 4) is 0 Å². The zero-order chi connectivity index (χ0) is 26.2. The van der Waals surface area contributed by atoms with E-state index in [1.165, 1.54) is 0 Å². The van der Waals surface area contributed by atoms with Crippen LogP contribution >= 0.6 is 0 Å². The predicted molar refractivity (Wildman–Crippen MR) is 131 cm³/mol. The number of carboxylic acid groups (broad SMARTS) is 1. The van der Waals surface area contributed by atoms with E-state index in [0.29, 0.717) is 12.8 Å². The summed E-state index contributed by atoms with van der Waals surface area (Å²) in [6.07, 6.45) is 3.42. The van der Waals surface area contributed by atoms with Gasteiger partial charge in [-0.2, -0.15) is 0 Å². The van der Waals surface area contributed by atoms with E-state index < -0.39 is 54.9 Å². The number of rotatable bonds is 19. The van der Waals surface area contributed by atoms with Crippen molar-refractivity contribution in [3.63, 3.8) is 0 Å². The minimum absolute atomic E-state index is 0.112. The molecule has 0 aliphatic carbocycles. The van der Waals surface area contributed by atoms with Gasteiger partial charge in [-0.1, -0.05) is 71.6 Å². The maximum atomic E-state index is 12.7. The van der Waals surface area contributed by atoms with Crippen LogP contribution in [0, 0.1) is 0 Å². The van der Waals surface area contributed by atoms with E-state index in [1.54, 1.807) is 6.92 Å². The fraction of sp³-hybridized carbons (Fsp3) is 0.923. The lowest BCUT2D eigenvalue weighted by Crippen LogP contribution is -2.58. The Bertz CT molecular complexity index is 585. The lowest BCUT2D eigenvalue weighted by Gasteiger charge is -2.40. The van der Waals surface area contributed by atoms with Gasteiger partial charge in [-0.15, -0.1) is 0 Å². The highest BCUT2D eigenvalue weighted by Crippen LogP contribution is 2.25. The first-order valence-corrected chi connectivity index (χ1v) is 13.5. The summed E-state index contributed by atoms with van der Waals surface area (Å²) in [7, 11) is 0. The highest BCUT2D eigenvalue weighted by Gasteiger charge is 2.43. The Kier molecular flexibility index (Phi) is 16.4. The predicted octanol–water partition coefficient (Wildman–Crippen LogP) is 3.70. The van der Waals surface area contributed by atoms with Crippen molar-refractivity contribution >= 4 is 11.9 Å². The number of aliphatic hydroxyl groups is 3. The number of hydrogen-bond acceptors (Lipinski definition) is 8. The van der Waals surface area contributed by atoms with Gasteiger partial charge in [0.25, 0.3) is 0 Å². The molecule has 35 heavy (non-hydrogen) atoms. The molecule has 1 aliphatic rings. The summed E-state index contributed by atoms with van der Waals surface area (Å²) in [5, 5.41) is 39.5. The Labute approximate surface area is 210 Å². The topological polar surface area (TPSA) is 143 Å². The van der Waals surface area contributed by atoms with Crippen LogP contribution in [-0.4, -0.2) is 75.3 Å². The van der Waals surface area contributed by atoms with Crippen molar-refractivity contribution in [2.75, 3.05) is 0 Å². The van der Waals surface area contributed by atoms with E-state index in [2.05, 4.69) is 13.8 Å². The zero-order valence-electron chi connectivity index (χ0n) is 21.8. The average Bonchev–Trinajstić information content (AvgIpc) is 2.80. The largest absolute Gasteiger partial charge is 0.481 e. The molecule has 206 valence electrons. The lowest BCUT2D eigenvalue weighted by molar-refractivity contribution is -0.304. The molecule has 0 saturated carbocycles. The Morgan fingerprint density at radius 3 is 1.86 bits per heavy atom. The van der Waals surface area contributed by atoms with Gasteiger partial charge in [0, 0.05) is 0 Å². The molecule has 0 bridgehead atoms. The van der Waals surface area contributed by atoms with Crippen molar-refractivity contribution in [3.05, 3.63) is 0 Å². The van der Waals surface area contributed by atoms with Gasteiger partial charge in [-0.25, -0.2) is 0 Å². The van der Waals surface area contributed by atoms with Gasteiger partial charge >= 0.3 is 11.9 Å². The molecule has 1 rings (SSSR count). The van der Waals surface area contributed by atoms with E-state index in [9.17, 15) is 30.0 Å². The summed E-state index contributed by atoms with van der Waals surface area (Å²) in [6.45, 7) is 5.82. The fourth-order valence-electron chi connectivity index (χ4n) is 4.30. The molecule has 2 unspecified atom stereocenters. The van der Waals surface area contributed by atoms with E-state index >= 15 is 0 Å². The standard InChI is InChI=1S/C26H48O9/c1-4-6-8-10-12-14-19(16-21(27)28)34-22(29)17-20(15-13-11-9-7-5-2)35-26-25(32)24(31)23(30)18(3)33-26/h18-20,23-26,30-32H,4-17H2,1-3H3,(H,27,28)/t18?,19-,20+,23-,24-,25?,26-/m0/s1. The summed E-state index contributed by atoms with van der Waals surface area (Å²) >= 11 is 0. The highest BCUT2D eigenvalue weighted by atomic mass is 16.7. The number of aliphatic hydroxyl groups excluding tert-OH is 3. The maximum absolute atomic E-state index is 12.7. The summed E-state index contributed by atoms with van der Waals surface area (Å²) in [5.41, 5.74) is 0. The van der Waals surface area contributed by atoms with Crippen LogP contribution in [0.1, 0.15) is 111 Å². The maximum Gasteiger partial charge on any atom is 0.308 e. The van der Waals surface area contributed by atoms with Crippen LogP contribution in [0.5, 0.6) is 0 Å². The number of carbonyl (C=O) groups excluding carboxylic acids is 1. The van der Waals surface area contributed by atoms with Crippen LogP contribution in [-0.2, 0) is 23.8 Å². The quantitative estimate of drug-likeness (QED) is 0.153. The molecule has 0 spiro atoms. The Morgan fingerprint density at radius 2 is 1.31 bits per heavy atom. The van der Waals surface area contributed by atoms with Crippen LogP contribution in [0.3, 0.4) is 0 Å². The fourth-order valence-corrected chi connectivity index (χ4v) is 4.30. The third-order valence-electron chi connectivity index (χ3n) is 6.49. The minimum atomic E-state index is -1.46. The number of unbranched alkanes of at least 4 members (excludes halogenated alkanes) is 8. The molecule has 0 radical (unpaired) electrons. The molecule has 7 atom stereocenters. The number of carboxylic acids is 1. The summed E-state index contributed by atoms with van der Waals surface area (Å²) in [4.78, 5) is 24.0. The normalized spacial score (nSPS) is 26.3. The summed E-state index contributed by atoms with van der Waals surface area (Å²) < 4.78 is 17.0. The number of carbonyl (C=O) groups is 2. The van der Waals surface area contributed by atoms with E-state index in [1.807, 2.05) is 0 Å². The van der Waals surface area contributed by atoms with E-state index in [0.717, 1.165) is 64.2 Å². The van der Waals surface area contributed by atoms with Gasteiger partial charge in [0.1, 0.15) is 24.4 Å². The average molecular weight is 505 g/mol. The van der Waals surface area contributed by atoms with Crippen LogP contribution in [0.2, 0.25) is 0 Å². The molecule has 9 heteroatoms. The minimum Gasteiger partial charge on any atom is -0.481 e. The first-order chi connectivity index (χ1) is 16.7. The van der Waals surface area contributed by atoms with Gasteiger partial charge in [0.2, 0.25) is 0 Å². The number of esters is 1. The van der Waals surface area contributed by atoms with Crippen LogP contribution in [0.4, 0.5) is 0 Å². The van der Waals surface area contributed by atoms with Gasteiger partial charge < -0.3 is 34.6 Å². The van der Waals surface area contributed by atoms with Gasteiger partial charge in [0.15, 0.2) is 6.29 Å². The molecule has 9 nitrogen and oxygen atoms in total. The smallest absolute Gasteiger partial charge is 0.308 e. The van der Waals surface area contributed by atoms with Crippen molar-refractivity contribution in [2.24, 2.45) is 0 Å². The third-order valence-corrected chi connectivity index (χ3v) is 6.49. The first kappa shape index (κ1) is 31.8.